The normalized spacial score (nSPS) is 19.0. The number of esters is 1. The van der Waals surface area contributed by atoms with Crippen molar-refractivity contribution in [2.24, 2.45) is 0 Å². The minimum absolute atomic E-state index is 0.0109. The maximum absolute atomic E-state index is 12.6. The monoisotopic (exact) mass is 395 g/mol. The molecule has 9 nitrogen and oxygen atoms in total. The lowest BCUT2D eigenvalue weighted by Crippen LogP contribution is -2.41. The summed E-state index contributed by atoms with van der Waals surface area (Å²) in [6, 6.07) is 5.02. The van der Waals surface area contributed by atoms with Crippen molar-refractivity contribution in [3.63, 3.8) is 0 Å². The van der Waals surface area contributed by atoms with Gasteiger partial charge in [0, 0.05) is 26.2 Å². The SMILES string of the molecule is CC(OC(=O)c1cccc(S(=O)(=O)N2CCCC2)c1)C(=O)N1CCNC1=O. The first-order chi connectivity index (χ1) is 12.8. The number of imide groups is 1. The van der Waals surface area contributed by atoms with Gasteiger partial charge in [-0.15, -0.1) is 0 Å². The van der Waals surface area contributed by atoms with Crippen molar-refractivity contribution in [2.45, 2.75) is 30.8 Å². The Balaban J connectivity index is 1.72. The average molecular weight is 395 g/mol. The quantitative estimate of drug-likeness (QED) is 0.729. The first-order valence-electron chi connectivity index (χ1n) is 8.71. The van der Waals surface area contributed by atoms with Gasteiger partial charge in [0.1, 0.15) is 0 Å². The Morgan fingerprint density at radius 1 is 1.19 bits per heavy atom. The number of nitrogens with one attached hydrogen (secondary N) is 1. The summed E-state index contributed by atoms with van der Waals surface area (Å²) in [5.41, 5.74) is 0.0285. The molecule has 2 saturated heterocycles. The molecule has 1 atom stereocenters. The first-order valence-corrected chi connectivity index (χ1v) is 10.1. The van der Waals surface area contributed by atoms with Crippen LogP contribution in [0.25, 0.3) is 0 Å². The summed E-state index contributed by atoms with van der Waals surface area (Å²) >= 11 is 0. The molecular weight excluding hydrogens is 374 g/mol. The van der Waals surface area contributed by atoms with Gasteiger partial charge >= 0.3 is 12.0 Å². The Morgan fingerprint density at radius 3 is 2.52 bits per heavy atom. The average Bonchev–Trinajstić information content (AvgIpc) is 3.33. The van der Waals surface area contributed by atoms with Gasteiger partial charge in [0.25, 0.3) is 5.91 Å². The van der Waals surface area contributed by atoms with Crippen molar-refractivity contribution in [3.8, 4) is 0 Å². The molecule has 2 aliphatic rings. The van der Waals surface area contributed by atoms with Crippen molar-refractivity contribution >= 4 is 27.9 Å². The number of carbonyl (C=O) groups excluding carboxylic acids is 3. The topological polar surface area (TPSA) is 113 Å². The summed E-state index contributed by atoms with van der Waals surface area (Å²) in [6.45, 7) is 2.85. The van der Waals surface area contributed by atoms with Crippen molar-refractivity contribution in [3.05, 3.63) is 29.8 Å². The van der Waals surface area contributed by atoms with Gasteiger partial charge in [-0.1, -0.05) is 6.07 Å². The van der Waals surface area contributed by atoms with E-state index in [0.717, 1.165) is 17.7 Å². The number of amides is 3. The summed E-state index contributed by atoms with van der Waals surface area (Å²) in [5, 5.41) is 2.50. The van der Waals surface area contributed by atoms with Crippen LogP contribution in [0.4, 0.5) is 4.79 Å². The molecule has 10 heteroatoms. The number of rotatable bonds is 5. The molecule has 3 rings (SSSR count). The minimum Gasteiger partial charge on any atom is -0.449 e. The van der Waals surface area contributed by atoms with E-state index in [1.54, 1.807) is 0 Å². The third-order valence-electron chi connectivity index (χ3n) is 4.53. The number of sulfonamides is 1. The van der Waals surface area contributed by atoms with E-state index in [0.29, 0.717) is 19.6 Å². The van der Waals surface area contributed by atoms with E-state index in [4.69, 9.17) is 4.74 Å². The smallest absolute Gasteiger partial charge is 0.338 e. The molecule has 0 spiro atoms. The van der Waals surface area contributed by atoms with E-state index in [1.165, 1.54) is 35.5 Å². The highest BCUT2D eigenvalue weighted by Gasteiger charge is 2.32. The maximum Gasteiger partial charge on any atom is 0.338 e. The fourth-order valence-electron chi connectivity index (χ4n) is 3.04. The van der Waals surface area contributed by atoms with Crippen LogP contribution in [-0.4, -0.2) is 67.8 Å². The van der Waals surface area contributed by atoms with Crippen molar-refractivity contribution in [2.75, 3.05) is 26.2 Å². The Labute approximate surface area is 157 Å². The van der Waals surface area contributed by atoms with Gasteiger partial charge in [-0.25, -0.2) is 18.0 Å². The summed E-state index contributed by atoms with van der Waals surface area (Å²) < 4.78 is 31.8. The molecule has 0 aromatic heterocycles. The number of ether oxygens (including phenoxy) is 1. The molecule has 0 saturated carbocycles. The Bertz CT molecular complexity index is 863. The lowest BCUT2D eigenvalue weighted by atomic mass is 10.2. The molecular formula is C17H21N3O6S. The number of benzene rings is 1. The first kappa shape index (κ1) is 19.3. The zero-order chi connectivity index (χ0) is 19.6. The van der Waals surface area contributed by atoms with E-state index in [9.17, 15) is 22.8 Å². The summed E-state index contributed by atoms with van der Waals surface area (Å²) in [5.74, 6) is -1.45. The standard InChI is InChI=1S/C17H21N3O6S/c1-12(15(21)20-10-7-18-17(20)23)26-16(22)13-5-4-6-14(11-13)27(24,25)19-8-2-3-9-19/h4-6,11-12H,2-3,7-10H2,1H3,(H,18,23). The van der Waals surface area contributed by atoms with E-state index >= 15 is 0 Å². The highest BCUT2D eigenvalue weighted by atomic mass is 32.2. The molecule has 1 aromatic carbocycles. The molecule has 0 radical (unpaired) electrons. The third-order valence-corrected chi connectivity index (χ3v) is 6.42. The molecule has 3 amide bonds. The van der Waals surface area contributed by atoms with Crippen LogP contribution in [0.2, 0.25) is 0 Å². The zero-order valence-electron chi connectivity index (χ0n) is 14.9. The molecule has 2 fully saturated rings. The molecule has 1 aromatic rings. The second kappa shape index (κ2) is 7.65. The van der Waals surface area contributed by atoms with Gasteiger partial charge in [0.2, 0.25) is 10.0 Å². The lowest BCUT2D eigenvalue weighted by Gasteiger charge is -2.18. The summed E-state index contributed by atoms with van der Waals surface area (Å²) in [7, 11) is -3.66. The fourth-order valence-corrected chi connectivity index (χ4v) is 4.60. The fraction of sp³-hybridized carbons (Fsp3) is 0.471. The predicted octanol–water partition coefficient (Wildman–Crippen LogP) is 0.568. The number of hydrogen-bond acceptors (Lipinski definition) is 6. The minimum atomic E-state index is -3.66. The largest absolute Gasteiger partial charge is 0.449 e. The molecule has 1 N–H and O–H groups in total. The van der Waals surface area contributed by atoms with Gasteiger partial charge in [-0.3, -0.25) is 9.69 Å². The van der Waals surface area contributed by atoms with Crippen molar-refractivity contribution < 1.29 is 27.5 Å². The van der Waals surface area contributed by atoms with E-state index in [1.807, 2.05) is 0 Å². The number of carbonyl (C=O) groups is 3. The van der Waals surface area contributed by atoms with Crippen LogP contribution in [0.1, 0.15) is 30.1 Å². The number of nitrogens with zero attached hydrogens (tertiary/aromatic N) is 2. The van der Waals surface area contributed by atoms with E-state index in [2.05, 4.69) is 5.32 Å². The number of hydrogen-bond donors (Lipinski definition) is 1. The van der Waals surface area contributed by atoms with Crippen molar-refractivity contribution in [1.29, 1.82) is 0 Å². The second-order valence-corrected chi connectivity index (χ2v) is 8.35. The maximum atomic E-state index is 12.6. The van der Waals surface area contributed by atoms with Crippen LogP contribution < -0.4 is 5.32 Å². The van der Waals surface area contributed by atoms with Crippen molar-refractivity contribution in [1.82, 2.24) is 14.5 Å². The third kappa shape index (κ3) is 3.96. The van der Waals surface area contributed by atoms with Gasteiger partial charge in [-0.05, 0) is 38.0 Å². The van der Waals surface area contributed by atoms with Gasteiger partial charge in [0.05, 0.1) is 10.5 Å². The van der Waals surface area contributed by atoms with Gasteiger partial charge in [0.15, 0.2) is 6.10 Å². The second-order valence-electron chi connectivity index (χ2n) is 6.41. The summed E-state index contributed by atoms with van der Waals surface area (Å²) in [4.78, 5) is 37.1. The van der Waals surface area contributed by atoms with Crippen LogP contribution in [0, 0.1) is 0 Å². The van der Waals surface area contributed by atoms with Gasteiger partial charge < -0.3 is 10.1 Å². The number of urea groups is 1. The summed E-state index contributed by atoms with van der Waals surface area (Å²) in [6.07, 6.45) is 0.454. The molecule has 2 heterocycles. The Morgan fingerprint density at radius 2 is 1.89 bits per heavy atom. The molecule has 1 unspecified atom stereocenters. The molecule has 2 aliphatic heterocycles. The molecule has 27 heavy (non-hydrogen) atoms. The van der Waals surface area contributed by atoms with Crippen LogP contribution in [-0.2, 0) is 19.6 Å². The van der Waals surface area contributed by atoms with Crippen LogP contribution in [0.3, 0.4) is 0 Å². The van der Waals surface area contributed by atoms with Crippen LogP contribution in [0.5, 0.6) is 0 Å². The van der Waals surface area contributed by atoms with Crippen LogP contribution >= 0.6 is 0 Å². The molecule has 0 bridgehead atoms. The van der Waals surface area contributed by atoms with Crippen LogP contribution in [0.15, 0.2) is 29.2 Å². The highest BCUT2D eigenvalue weighted by molar-refractivity contribution is 7.89. The van der Waals surface area contributed by atoms with E-state index < -0.39 is 34.0 Å². The lowest BCUT2D eigenvalue weighted by molar-refractivity contribution is -0.136. The predicted molar refractivity (Wildman–Crippen MR) is 94.4 cm³/mol. The molecule has 0 aliphatic carbocycles. The Kier molecular flexibility index (Phi) is 5.47. The zero-order valence-corrected chi connectivity index (χ0v) is 15.7. The Hall–Kier alpha value is -2.46. The van der Waals surface area contributed by atoms with Gasteiger partial charge in [-0.2, -0.15) is 4.31 Å². The van der Waals surface area contributed by atoms with E-state index in [-0.39, 0.29) is 17.0 Å². The molecule has 146 valence electrons. The highest BCUT2D eigenvalue weighted by Crippen LogP contribution is 2.22.